The Morgan fingerprint density at radius 1 is 0.516 bits per heavy atom. The number of nitrogens with zero attached hydrogens (tertiary/aromatic N) is 8. The molecule has 10 rings (SSSR count). The van der Waals surface area contributed by atoms with Crippen molar-refractivity contribution in [2.75, 3.05) is 65.7 Å². The average molecular weight is 843 g/mol. The highest BCUT2D eigenvalue weighted by molar-refractivity contribution is 5.78. The van der Waals surface area contributed by atoms with Crippen molar-refractivity contribution in [2.24, 2.45) is 0 Å². The topological polar surface area (TPSA) is 163 Å². The summed E-state index contributed by atoms with van der Waals surface area (Å²) in [4.78, 5) is 46.9. The Bertz CT molecular complexity index is 2390. The third-order valence-corrected chi connectivity index (χ3v) is 12.2. The third-order valence-electron chi connectivity index (χ3n) is 12.2. The van der Waals surface area contributed by atoms with Crippen LogP contribution < -0.4 is 40.7 Å². The van der Waals surface area contributed by atoms with Crippen molar-refractivity contribution in [3.05, 3.63) is 118 Å². The predicted octanol–water partition coefficient (Wildman–Crippen LogP) is 3.63. The maximum atomic E-state index is 12.4. The molecule has 4 aliphatic heterocycles. The van der Waals surface area contributed by atoms with Crippen LogP contribution in [-0.4, -0.2) is 117 Å². The van der Waals surface area contributed by atoms with Crippen molar-refractivity contribution in [1.29, 1.82) is 0 Å². The molecular weight excluding hydrogens is 789 g/mol. The number of aromatic nitrogens is 6. The van der Waals surface area contributed by atoms with Crippen LogP contribution in [-0.2, 0) is 26.2 Å². The minimum atomic E-state index is 0.0315. The molecule has 16 heteroatoms. The van der Waals surface area contributed by atoms with Crippen LogP contribution in [0.15, 0.2) is 95.3 Å². The van der Waals surface area contributed by atoms with Crippen LogP contribution in [0, 0.1) is 0 Å². The lowest BCUT2D eigenvalue weighted by atomic mass is 10.0. The number of ether oxygens (including phenoxy) is 4. The Hall–Kier alpha value is -5.94. The summed E-state index contributed by atoms with van der Waals surface area (Å²) in [5.41, 5.74) is 3.80. The molecule has 0 aromatic carbocycles. The fourth-order valence-corrected chi connectivity index (χ4v) is 8.60. The molecule has 6 aromatic heterocycles. The lowest BCUT2D eigenvalue weighted by molar-refractivity contribution is 0.170. The molecule has 6 aromatic rings. The van der Waals surface area contributed by atoms with Gasteiger partial charge in [-0.05, 0) is 76.1 Å². The van der Waals surface area contributed by atoms with Gasteiger partial charge in [-0.3, -0.25) is 29.5 Å². The average Bonchev–Trinajstić information content (AvgIpc) is 3.33. The van der Waals surface area contributed by atoms with E-state index in [-0.39, 0.29) is 11.1 Å². The van der Waals surface area contributed by atoms with E-state index in [0.717, 1.165) is 134 Å². The number of nitrogens with one attached hydrogen (secondary N) is 2. The first-order chi connectivity index (χ1) is 30.5. The van der Waals surface area contributed by atoms with E-state index >= 15 is 0 Å². The van der Waals surface area contributed by atoms with Gasteiger partial charge in [-0.15, -0.1) is 0 Å². The molecule has 2 fully saturated rings. The Balaban J connectivity index is 0.000000158. The molecule has 0 atom stereocenters. The molecule has 0 aliphatic carbocycles. The lowest BCUT2D eigenvalue weighted by Gasteiger charge is -2.32. The zero-order valence-corrected chi connectivity index (χ0v) is 35.0. The van der Waals surface area contributed by atoms with Gasteiger partial charge in [0.05, 0.1) is 47.2 Å². The van der Waals surface area contributed by atoms with E-state index < -0.39 is 0 Å². The molecule has 0 radical (unpaired) electrons. The van der Waals surface area contributed by atoms with E-state index in [2.05, 4.69) is 40.4 Å². The van der Waals surface area contributed by atoms with Gasteiger partial charge in [0.1, 0.15) is 26.4 Å². The molecule has 0 unspecified atom stereocenters. The van der Waals surface area contributed by atoms with Gasteiger partial charge in [-0.1, -0.05) is 0 Å². The SMILES string of the molecule is O=c1ccc2ccncc2n1CCN1CCC(NCc2cc3c(cn2)OCCO3)CC1.O=c1ccc2ccncc2n1CCN1CCC(NCc2cc3c(cn2)OCCO3)CC1. The van der Waals surface area contributed by atoms with E-state index in [1.54, 1.807) is 49.3 Å². The summed E-state index contributed by atoms with van der Waals surface area (Å²) in [5.74, 6) is 3.02. The highest BCUT2D eigenvalue weighted by Crippen LogP contribution is 2.30. The van der Waals surface area contributed by atoms with E-state index in [1.165, 1.54) is 0 Å². The van der Waals surface area contributed by atoms with Crippen LogP contribution in [0.3, 0.4) is 0 Å². The van der Waals surface area contributed by atoms with Gasteiger partial charge in [0.2, 0.25) is 0 Å². The summed E-state index contributed by atoms with van der Waals surface area (Å²) >= 11 is 0. The molecule has 0 saturated carbocycles. The largest absolute Gasteiger partial charge is 0.486 e. The summed E-state index contributed by atoms with van der Waals surface area (Å²) in [6.07, 6.45) is 14.9. The molecule has 2 saturated heterocycles. The highest BCUT2D eigenvalue weighted by atomic mass is 16.6. The number of likely N-dealkylation sites (tertiary alicyclic amines) is 2. The summed E-state index contributed by atoms with van der Waals surface area (Å²) in [6, 6.07) is 15.8. The normalized spacial score (nSPS) is 17.2. The second-order valence-corrected chi connectivity index (χ2v) is 16.1. The van der Waals surface area contributed by atoms with Crippen molar-refractivity contribution in [3.8, 4) is 23.0 Å². The van der Waals surface area contributed by atoms with Gasteiger partial charge in [0.15, 0.2) is 23.0 Å². The molecule has 10 heterocycles. The molecular formula is C46H54N10O6. The Morgan fingerprint density at radius 2 is 0.935 bits per heavy atom. The van der Waals surface area contributed by atoms with Crippen molar-refractivity contribution in [1.82, 2.24) is 49.5 Å². The van der Waals surface area contributed by atoms with Gasteiger partial charge in [-0.2, -0.15) is 0 Å². The molecule has 62 heavy (non-hydrogen) atoms. The first-order valence-electron chi connectivity index (χ1n) is 21.8. The van der Waals surface area contributed by atoms with Gasteiger partial charge in [0, 0.05) is 98.8 Å². The first kappa shape index (κ1) is 41.4. The van der Waals surface area contributed by atoms with Crippen molar-refractivity contribution in [2.45, 2.75) is 63.9 Å². The first-order valence-corrected chi connectivity index (χ1v) is 21.8. The van der Waals surface area contributed by atoms with Crippen molar-refractivity contribution in [3.63, 3.8) is 0 Å². The van der Waals surface area contributed by atoms with Gasteiger partial charge in [0.25, 0.3) is 11.1 Å². The fraction of sp³-hybridized carbons (Fsp3) is 0.435. The number of piperidine rings is 2. The molecule has 16 nitrogen and oxygen atoms in total. The van der Waals surface area contributed by atoms with Crippen molar-refractivity contribution < 1.29 is 18.9 Å². The Labute approximate surface area is 359 Å². The van der Waals surface area contributed by atoms with Crippen LogP contribution in [0.1, 0.15) is 37.1 Å². The van der Waals surface area contributed by atoms with Gasteiger partial charge >= 0.3 is 0 Å². The monoisotopic (exact) mass is 842 g/mol. The maximum absolute atomic E-state index is 12.4. The molecule has 0 bridgehead atoms. The fourth-order valence-electron chi connectivity index (χ4n) is 8.60. The van der Waals surface area contributed by atoms with Crippen LogP contribution in [0.4, 0.5) is 0 Å². The van der Waals surface area contributed by atoms with E-state index in [9.17, 15) is 9.59 Å². The maximum Gasteiger partial charge on any atom is 0.251 e. The minimum Gasteiger partial charge on any atom is -0.486 e. The van der Waals surface area contributed by atoms with E-state index in [4.69, 9.17) is 18.9 Å². The number of rotatable bonds is 12. The van der Waals surface area contributed by atoms with Crippen molar-refractivity contribution >= 4 is 21.8 Å². The van der Waals surface area contributed by atoms with Gasteiger partial charge in [-0.25, -0.2) is 0 Å². The quantitative estimate of drug-likeness (QED) is 0.184. The standard InChI is InChI=1S/2C23H27N5O3/c2*29-23-2-1-17-3-6-24-15-20(17)28(23)10-9-27-7-4-18(5-8-27)25-14-19-13-21-22(16-26-19)31-12-11-30-21/h2*1-3,6,13,15-16,18,25H,4-5,7-12,14H2. The summed E-state index contributed by atoms with van der Waals surface area (Å²) in [5, 5.41) is 9.34. The zero-order valence-electron chi connectivity index (χ0n) is 35.0. The predicted molar refractivity (Wildman–Crippen MR) is 235 cm³/mol. The molecule has 2 N–H and O–H groups in total. The molecule has 4 aliphatic rings. The molecule has 0 spiro atoms. The number of hydrogen-bond acceptors (Lipinski definition) is 14. The number of pyridine rings is 6. The number of hydrogen-bond donors (Lipinski definition) is 2. The second kappa shape index (κ2) is 19.8. The highest BCUT2D eigenvalue weighted by Gasteiger charge is 2.22. The second-order valence-electron chi connectivity index (χ2n) is 16.1. The Kier molecular flexibility index (Phi) is 13.3. The molecule has 324 valence electrons. The van der Waals surface area contributed by atoms with E-state index in [0.29, 0.717) is 51.6 Å². The molecule has 0 amide bonds. The Morgan fingerprint density at radius 3 is 1.37 bits per heavy atom. The van der Waals surface area contributed by atoms with Crippen LogP contribution in [0.25, 0.3) is 21.8 Å². The lowest BCUT2D eigenvalue weighted by Crippen LogP contribution is -2.43. The smallest absolute Gasteiger partial charge is 0.251 e. The zero-order chi connectivity index (χ0) is 42.1. The van der Waals surface area contributed by atoms with Crippen LogP contribution >= 0.6 is 0 Å². The number of fused-ring (bicyclic) bond motifs is 4. The summed E-state index contributed by atoms with van der Waals surface area (Å²) in [6.45, 7) is 10.9. The summed E-state index contributed by atoms with van der Waals surface area (Å²) in [7, 11) is 0. The third kappa shape index (κ3) is 10.2. The van der Waals surface area contributed by atoms with Crippen LogP contribution in [0.5, 0.6) is 23.0 Å². The summed E-state index contributed by atoms with van der Waals surface area (Å²) < 4.78 is 26.0. The van der Waals surface area contributed by atoms with Crippen LogP contribution in [0.2, 0.25) is 0 Å². The minimum absolute atomic E-state index is 0.0315. The van der Waals surface area contributed by atoms with E-state index in [1.807, 2.05) is 45.5 Å². The van der Waals surface area contributed by atoms with Gasteiger partial charge < -0.3 is 48.5 Å².